The lowest BCUT2D eigenvalue weighted by atomic mass is 9.63. The van der Waals surface area contributed by atoms with Gasteiger partial charge in [0, 0.05) is 0 Å². The van der Waals surface area contributed by atoms with E-state index in [1.165, 1.54) is 49.7 Å². The molecule has 1 saturated carbocycles. The van der Waals surface area contributed by atoms with Gasteiger partial charge in [-0.15, -0.1) is 0 Å². The van der Waals surface area contributed by atoms with Crippen LogP contribution in [0.5, 0.6) is 0 Å². The molecule has 0 saturated heterocycles. The molecule has 1 fully saturated rings. The summed E-state index contributed by atoms with van der Waals surface area (Å²) in [7, 11) is 0. The van der Waals surface area contributed by atoms with E-state index in [0.29, 0.717) is 0 Å². The molecule has 0 aromatic heterocycles. The van der Waals surface area contributed by atoms with E-state index in [0.717, 1.165) is 23.7 Å². The molecule has 0 unspecified atom stereocenters. The molecule has 0 amide bonds. The summed E-state index contributed by atoms with van der Waals surface area (Å²) in [4.78, 5) is 0. The lowest BCUT2D eigenvalue weighted by Crippen LogP contribution is -2.31. The zero-order chi connectivity index (χ0) is 14.7. The Labute approximate surface area is 126 Å². The van der Waals surface area contributed by atoms with Crippen LogP contribution in [0.1, 0.15) is 66.2 Å². The Morgan fingerprint density at radius 1 is 1.35 bits per heavy atom. The van der Waals surface area contributed by atoms with Crippen molar-refractivity contribution in [2.75, 3.05) is 0 Å². The Morgan fingerprint density at radius 2 is 2.10 bits per heavy atom. The van der Waals surface area contributed by atoms with Gasteiger partial charge in [0.05, 0.1) is 0 Å². The Kier molecular flexibility index (Phi) is 5.29. The van der Waals surface area contributed by atoms with Gasteiger partial charge >= 0.3 is 0 Å². The third-order valence-electron chi connectivity index (χ3n) is 5.48. The van der Waals surface area contributed by atoms with Crippen LogP contribution in [0.15, 0.2) is 35.5 Å². The molecular formula is C20H32. The summed E-state index contributed by atoms with van der Waals surface area (Å²) < 4.78 is 0. The standard InChI is InChI=1S/C20H32/c1-14(2)7-6-8-16(4)19-12-10-17(5)18-11-9-15(3)13-20(18)19/h7,13,16-19H,3,6,8-12H2,1-2,4-5H3/t16-,17-,18-,19+/m0/s1. The van der Waals surface area contributed by atoms with Crippen molar-refractivity contribution in [3.05, 3.63) is 35.5 Å². The Bertz CT molecular complexity index is 406. The lowest BCUT2D eigenvalue weighted by Gasteiger charge is -2.42. The maximum atomic E-state index is 4.22. The summed E-state index contributed by atoms with van der Waals surface area (Å²) in [5.41, 5.74) is 4.58. The molecular weight excluding hydrogens is 240 g/mol. The van der Waals surface area contributed by atoms with Crippen molar-refractivity contribution in [2.45, 2.75) is 66.2 Å². The van der Waals surface area contributed by atoms with Crippen LogP contribution in [0.25, 0.3) is 0 Å². The molecule has 2 rings (SSSR count). The van der Waals surface area contributed by atoms with Crippen molar-refractivity contribution in [3.63, 3.8) is 0 Å². The average Bonchev–Trinajstić information content (AvgIpc) is 2.38. The molecule has 2 aliphatic carbocycles. The van der Waals surface area contributed by atoms with Crippen LogP contribution < -0.4 is 0 Å². The van der Waals surface area contributed by atoms with E-state index < -0.39 is 0 Å². The molecule has 0 heterocycles. The Balaban J connectivity index is 2.06. The van der Waals surface area contributed by atoms with Crippen LogP contribution >= 0.6 is 0 Å². The monoisotopic (exact) mass is 272 g/mol. The van der Waals surface area contributed by atoms with Gasteiger partial charge in [-0.1, -0.05) is 49.3 Å². The fourth-order valence-electron chi connectivity index (χ4n) is 4.18. The molecule has 0 bridgehead atoms. The van der Waals surface area contributed by atoms with Gasteiger partial charge in [0.15, 0.2) is 0 Å². The summed E-state index contributed by atoms with van der Waals surface area (Å²) in [6.07, 6.45) is 12.8. The van der Waals surface area contributed by atoms with Crippen molar-refractivity contribution in [3.8, 4) is 0 Å². The van der Waals surface area contributed by atoms with Crippen LogP contribution in [0.3, 0.4) is 0 Å². The van der Waals surface area contributed by atoms with Crippen molar-refractivity contribution in [2.24, 2.45) is 23.7 Å². The fourth-order valence-corrected chi connectivity index (χ4v) is 4.18. The number of hydrogen-bond acceptors (Lipinski definition) is 0. The second-order valence-corrected chi connectivity index (χ2v) is 7.44. The van der Waals surface area contributed by atoms with Gasteiger partial charge in [0.25, 0.3) is 0 Å². The Hall–Kier alpha value is -0.780. The van der Waals surface area contributed by atoms with Crippen LogP contribution in [0, 0.1) is 23.7 Å². The summed E-state index contributed by atoms with van der Waals surface area (Å²) in [5.74, 6) is 3.37. The van der Waals surface area contributed by atoms with Gasteiger partial charge < -0.3 is 0 Å². The van der Waals surface area contributed by atoms with Crippen LogP contribution in [-0.4, -0.2) is 0 Å². The zero-order valence-electron chi connectivity index (χ0n) is 13.9. The predicted octanol–water partition coefficient (Wildman–Crippen LogP) is 6.31. The van der Waals surface area contributed by atoms with Gasteiger partial charge in [-0.3, -0.25) is 0 Å². The number of rotatable bonds is 4. The highest BCUT2D eigenvalue weighted by atomic mass is 14.4. The van der Waals surface area contributed by atoms with Gasteiger partial charge in [-0.05, 0) is 76.0 Å². The summed E-state index contributed by atoms with van der Waals surface area (Å²) in [6, 6.07) is 0. The molecule has 0 heteroatoms. The first-order valence-electron chi connectivity index (χ1n) is 8.51. The molecule has 0 nitrogen and oxygen atoms in total. The van der Waals surface area contributed by atoms with Crippen LogP contribution in [0.4, 0.5) is 0 Å². The fraction of sp³-hybridized carbons (Fsp3) is 0.700. The normalized spacial score (nSPS) is 31.3. The smallest absolute Gasteiger partial charge is 0.0168 e. The minimum absolute atomic E-state index is 0.817. The number of hydrogen-bond donors (Lipinski definition) is 0. The molecule has 0 radical (unpaired) electrons. The third kappa shape index (κ3) is 3.65. The van der Waals surface area contributed by atoms with E-state index >= 15 is 0 Å². The first-order chi connectivity index (χ1) is 9.49. The van der Waals surface area contributed by atoms with E-state index in [-0.39, 0.29) is 0 Å². The van der Waals surface area contributed by atoms with E-state index in [9.17, 15) is 0 Å². The van der Waals surface area contributed by atoms with Gasteiger partial charge in [0.2, 0.25) is 0 Å². The van der Waals surface area contributed by atoms with Gasteiger partial charge in [-0.2, -0.15) is 0 Å². The second-order valence-electron chi connectivity index (χ2n) is 7.44. The molecule has 0 aromatic carbocycles. The lowest BCUT2D eigenvalue weighted by molar-refractivity contribution is 0.212. The maximum Gasteiger partial charge on any atom is -0.0168 e. The highest BCUT2D eigenvalue weighted by Gasteiger charge is 2.36. The van der Waals surface area contributed by atoms with Crippen molar-refractivity contribution < 1.29 is 0 Å². The molecule has 20 heavy (non-hydrogen) atoms. The van der Waals surface area contributed by atoms with E-state index in [1.807, 2.05) is 0 Å². The molecule has 112 valence electrons. The topological polar surface area (TPSA) is 0 Å². The summed E-state index contributed by atoms with van der Waals surface area (Å²) >= 11 is 0. The predicted molar refractivity (Wildman–Crippen MR) is 89.7 cm³/mol. The Morgan fingerprint density at radius 3 is 2.80 bits per heavy atom. The highest BCUT2D eigenvalue weighted by Crippen LogP contribution is 2.47. The minimum atomic E-state index is 0.817. The summed E-state index contributed by atoms with van der Waals surface area (Å²) in [5, 5.41) is 0. The zero-order valence-corrected chi connectivity index (χ0v) is 13.9. The molecule has 0 N–H and O–H groups in total. The van der Waals surface area contributed by atoms with Crippen molar-refractivity contribution in [1.82, 2.24) is 0 Å². The quantitative estimate of drug-likeness (QED) is 0.526. The van der Waals surface area contributed by atoms with Gasteiger partial charge in [-0.25, -0.2) is 0 Å². The molecule has 0 spiro atoms. The maximum absolute atomic E-state index is 4.22. The van der Waals surface area contributed by atoms with Crippen molar-refractivity contribution in [1.29, 1.82) is 0 Å². The first-order valence-corrected chi connectivity index (χ1v) is 8.51. The molecule has 4 atom stereocenters. The highest BCUT2D eigenvalue weighted by molar-refractivity contribution is 5.30. The van der Waals surface area contributed by atoms with Crippen LogP contribution in [0.2, 0.25) is 0 Å². The SMILES string of the molecule is C=C1C=C2[C@@H](CC1)[C@@H](C)CC[C@@H]2[C@@H](C)CCC=C(C)C. The third-order valence-corrected chi connectivity index (χ3v) is 5.48. The minimum Gasteiger partial charge on any atom is -0.0958 e. The molecule has 0 aliphatic heterocycles. The molecule has 2 aliphatic rings. The first kappa shape index (κ1) is 15.6. The van der Waals surface area contributed by atoms with Crippen molar-refractivity contribution >= 4 is 0 Å². The number of fused-ring (bicyclic) bond motifs is 1. The largest absolute Gasteiger partial charge is 0.0958 e. The molecule has 0 aromatic rings. The number of allylic oxidation sites excluding steroid dienone is 5. The van der Waals surface area contributed by atoms with E-state index in [4.69, 9.17) is 0 Å². The summed E-state index contributed by atoms with van der Waals surface area (Å²) in [6.45, 7) is 13.6. The van der Waals surface area contributed by atoms with Crippen LogP contribution in [-0.2, 0) is 0 Å². The van der Waals surface area contributed by atoms with E-state index in [2.05, 4.69) is 46.4 Å². The van der Waals surface area contributed by atoms with E-state index in [1.54, 1.807) is 5.57 Å². The average molecular weight is 272 g/mol. The van der Waals surface area contributed by atoms with Gasteiger partial charge in [0.1, 0.15) is 0 Å². The second kappa shape index (κ2) is 6.78.